The molecule has 136 valence electrons. The summed E-state index contributed by atoms with van der Waals surface area (Å²) in [5.74, 6) is 0.00473. The number of nitrogens with one attached hydrogen (secondary N) is 1. The van der Waals surface area contributed by atoms with E-state index >= 15 is 0 Å². The number of thiophene rings is 1. The van der Waals surface area contributed by atoms with Crippen LogP contribution in [-0.2, 0) is 9.84 Å². The number of amides is 1. The molecule has 0 unspecified atom stereocenters. The van der Waals surface area contributed by atoms with Gasteiger partial charge in [-0.2, -0.15) is 0 Å². The molecule has 2 heterocycles. The molecule has 0 spiro atoms. The van der Waals surface area contributed by atoms with Crippen molar-refractivity contribution in [3.8, 4) is 0 Å². The first-order chi connectivity index (χ1) is 12.4. The predicted octanol–water partition coefficient (Wildman–Crippen LogP) is 3.90. The number of hydrogen-bond donors (Lipinski definition) is 1. The van der Waals surface area contributed by atoms with Crippen LogP contribution in [0.4, 0.5) is 0 Å². The number of benzene rings is 1. The van der Waals surface area contributed by atoms with Crippen LogP contribution >= 0.6 is 11.3 Å². The molecule has 0 saturated heterocycles. The van der Waals surface area contributed by atoms with Crippen LogP contribution in [0.15, 0.2) is 63.4 Å². The highest BCUT2D eigenvalue weighted by Gasteiger charge is 2.33. The summed E-state index contributed by atoms with van der Waals surface area (Å²) in [5, 5.41) is 3.51. The van der Waals surface area contributed by atoms with Gasteiger partial charge in [-0.05, 0) is 54.6 Å². The molecule has 2 aromatic heterocycles. The zero-order valence-electron chi connectivity index (χ0n) is 14.4. The molecule has 0 aliphatic carbocycles. The third-order valence-electron chi connectivity index (χ3n) is 4.08. The van der Waals surface area contributed by atoms with Crippen molar-refractivity contribution < 1.29 is 17.6 Å². The maximum Gasteiger partial charge on any atom is 0.261 e. The van der Waals surface area contributed by atoms with Gasteiger partial charge in [0.15, 0.2) is 9.84 Å². The van der Waals surface area contributed by atoms with Gasteiger partial charge in [0, 0.05) is 6.54 Å². The smallest absolute Gasteiger partial charge is 0.261 e. The first-order valence-electron chi connectivity index (χ1n) is 8.06. The highest BCUT2D eigenvalue weighted by atomic mass is 32.2. The highest BCUT2D eigenvalue weighted by Crippen LogP contribution is 2.31. The fraction of sp³-hybridized carbons (Fsp3) is 0.211. The van der Waals surface area contributed by atoms with Crippen molar-refractivity contribution in [1.29, 1.82) is 0 Å². The molecule has 3 aromatic rings. The maximum absolute atomic E-state index is 13.3. The van der Waals surface area contributed by atoms with Crippen molar-refractivity contribution in [2.45, 2.75) is 24.0 Å². The Morgan fingerprint density at radius 1 is 1.19 bits per heavy atom. The molecule has 5 nitrogen and oxygen atoms in total. The summed E-state index contributed by atoms with van der Waals surface area (Å²) in [7, 11) is -3.75. The van der Waals surface area contributed by atoms with E-state index in [2.05, 4.69) is 5.32 Å². The summed E-state index contributed by atoms with van der Waals surface area (Å²) in [6.45, 7) is 3.54. The summed E-state index contributed by atoms with van der Waals surface area (Å²) >= 11 is 1.30. The molecule has 0 aliphatic rings. The Morgan fingerprint density at radius 3 is 2.65 bits per heavy atom. The fourth-order valence-corrected chi connectivity index (χ4v) is 5.24. The van der Waals surface area contributed by atoms with Crippen molar-refractivity contribution in [2.75, 3.05) is 6.54 Å². The van der Waals surface area contributed by atoms with Crippen molar-refractivity contribution >= 4 is 27.1 Å². The van der Waals surface area contributed by atoms with Gasteiger partial charge in [-0.15, -0.1) is 11.3 Å². The monoisotopic (exact) mass is 389 g/mol. The number of carbonyl (C=O) groups excluding carboxylic acids is 1. The van der Waals surface area contributed by atoms with Crippen LogP contribution in [-0.4, -0.2) is 20.9 Å². The molecule has 0 bridgehead atoms. The minimum absolute atomic E-state index is 0.0695. The topological polar surface area (TPSA) is 76.4 Å². The molecular formula is C19H19NO4S2. The maximum atomic E-state index is 13.3. The summed E-state index contributed by atoms with van der Waals surface area (Å²) in [6.07, 6.45) is 1.43. The van der Waals surface area contributed by atoms with Crippen LogP contribution in [0, 0.1) is 13.8 Å². The third-order valence-corrected chi connectivity index (χ3v) is 7.15. The molecule has 0 aliphatic heterocycles. The van der Waals surface area contributed by atoms with Gasteiger partial charge >= 0.3 is 0 Å². The van der Waals surface area contributed by atoms with E-state index in [1.807, 2.05) is 13.0 Å². The zero-order valence-corrected chi connectivity index (χ0v) is 16.1. The molecule has 26 heavy (non-hydrogen) atoms. The summed E-state index contributed by atoms with van der Waals surface area (Å²) in [6, 6.07) is 12.0. The highest BCUT2D eigenvalue weighted by molar-refractivity contribution is 7.91. The normalized spacial score (nSPS) is 12.7. The largest absolute Gasteiger partial charge is 0.468 e. The summed E-state index contributed by atoms with van der Waals surface area (Å²) in [5.41, 5.74) is 1.52. The van der Waals surface area contributed by atoms with Crippen LogP contribution in [0.1, 0.15) is 31.8 Å². The SMILES string of the molecule is Cc1ccc(C)c(S(=O)(=O)[C@H](CNC(=O)c2cccs2)c2ccco2)c1. The molecule has 0 radical (unpaired) electrons. The van der Waals surface area contributed by atoms with Crippen LogP contribution < -0.4 is 5.32 Å². The van der Waals surface area contributed by atoms with Crippen LogP contribution in [0.3, 0.4) is 0 Å². The average Bonchev–Trinajstić information content (AvgIpc) is 3.30. The van der Waals surface area contributed by atoms with Gasteiger partial charge in [-0.3, -0.25) is 4.79 Å². The van der Waals surface area contributed by atoms with Crippen molar-refractivity contribution in [3.05, 3.63) is 75.9 Å². The van der Waals surface area contributed by atoms with Crippen LogP contribution in [0.25, 0.3) is 0 Å². The number of rotatable bonds is 6. The van der Waals surface area contributed by atoms with E-state index < -0.39 is 15.1 Å². The lowest BCUT2D eigenvalue weighted by Crippen LogP contribution is -2.31. The predicted molar refractivity (Wildman–Crippen MR) is 101 cm³/mol. The Balaban J connectivity index is 1.93. The van der Waals surface area contributed by atoms with Gasteiger partial charge < -0.3 is 9.73 Å². The second-order valence-corrected chi connectivity index (χ2v) is 9.05. The lowest BCUT2D eigenvalue weighted by Gasteiger charge is -2.18. The molecule has 1 aromatic carbocycles. The Hall–Kier alpha value is -2.38. The van der Waals surface area contributed by atoms with E-state index in [0.717, 1.165) is 5.56 Å². The Morgan fingerprint density at radius 2 is 2.00 bits per heavy atom. The second kappa shape index (κ2) is 7.47. The third kappa shape index (κ3) is 3.73. The van der Waals surface area contributed by atoms with Crippen LogP contribution in [0.5, 0.6) is 0 Å². The lowest BCUT2D eigenvalue weighted by molar-refractivity contribution is 0.0957. The van der Waals surface area contributed by atoms with Gasteiger partial charge in [0.05, 0.1) is 16.0 Å². The molecule has 1 N–H and O–H groups in total. The molecular weight excluding hydrogens is 370 g/mol. The fourth-order valence-electron chi connectivity index (χ4n) is 2.69. The Kier molecular flexibility index (Phi) is 5.29. The number of aryl methyl sites for hydroxylation is 2. The quantitative estimate of drug-likeness (QED) is 0.694. The molecule has 0 fully saturated rings. The van der Waals surface area contributed by atoms with E-state index in [-0.39, 0.29) is 17.3 Å². The van der Waals surface area contributed by atoms with Gasteiger partial charge in [-0.25, -0.2) is 8.42 Å². The Bertz CT molecular complexity index is 990. The van der Waals surface area contributed by atoms with E-state index in [1.54, 1.807) is 48.7 Å². The van der Waals surface area contributed by atoms with E-state index in [1.165, 1.54) is 17.6 Å². The Labute approximate surface area is 156 Å². The minimum Gasteiger partial charge on any atom is -0.468 e. The van der Waals surface area contributed by atoms with Crippen molar-refractivity contribution in [3.63, 3.8) is 0 Å². The zero-order chi connectivity index (χ0) is 18.7. The van der Waals surface area contributed by atoms with Crippen LogP contribution in [0.2, 0.25) is 0 Å². The van der Waals surface area contributed by atoms with Gasteiger partial charge in [0.25, 0.3) is 5.91 Å². The summed E-state index contributed by atoms with van der Waals surface area (Å²) < 4.78 is 32.0. The van der Waals surface area contributed by atoms with E-state index in [0.29, 0.717) is 16.2 Å². The van der Waals surface area contributed by atoms with E-state index in [4.69, 9.17) is 4.42 Å². The molecule has 1 amide bonds. The van der Waals surface area contributed by atoms with E-state index in [9.17, 15) is 13.2 Å². The molecule has 0 saturated carbocycles. The molecule has 7 heteroatoms. The first kappa shape index (κ1) is 18.4. The molecule has 3 rings (SSSR count). The minimum atomic E-state index is -3.75. The van der Waals surface area contributed by atoms with Gasteiger partial charge in [0.1, 0.15) is 11.0 Å². The van der Waals surface area contributed by atoms with Crippen molar-refractivity contribution in [1.82, 2.24) is 5.32 Å². The number of sulfone groups is 1. The summed E-state index contributed by atoms with van der Waals surface area (Å²) in [4.78, 5) is 13.0. The average molecular weight is 389 g/mol. The first-order valence-corrected chi connectivity index (χ1v) is 10.5. The van der Waals surface area contributed by atoms with Crippen molar-refractivity contribution in [2.24, 2.45) is 0 Å². The second-order valence-electron chi connectivity index (χ2n) is 6.01. The van der Waals surface area contributed by atoms with Gasteiger partial charge in [-0.1, -0.05) is 18.2 Å². The number of carbonyl (C=O) groups is 1. The number of furan rings is 1. The lowest BCUT2D eigenvalue weighted by atomic mass is 10.2. The molecule has 1 atom stereocenters. The standard InChI is InChI=1S/C19H19NO4S2/c1-13-7-8-14(2)17(11-13)26(22,23)18(15-5-3-9-24-15)12-20-19(21)16-6-4-10-25-16/h3-11,18H,12H2,1-2H3,(H,20,21)/t18-/m1/s1. The number of hydrogen-bond acceptors (Lipinski definition) is 5. The van der Waals surface area contributed by atoms with Gasteiger partial charge in [0.2, 0.25) is 0 Å².